The van der Waals surface area contributed by atoms with Crippen LogP contribution >= 0.6 is 0 Å². The SMILES string of the molecule is CC(C)=CC/C=C(/C)c1cc(O)c(C)cc1O. The zero-order chi connectivity index (χ0) is 13.0. The zero-order valence-electron chi connectivity index (χ0n) is 10.9. The molecule has 0 fully saturated rings. The maximum atomic E-state index is 9.83. The summed E-state index contributed by atoms with van der Waals surface area (Å²) in [6.45, 7) is 7.81. The highest BCUT2D eigenvalue weighted by Crippen LogP contribution is 2.31. The van der Waals surface area contributed by atoms with Crippen molar-refractivity contribution in [3.05, 3.63) is 41.0 Å². The van der Waals surface area contributed by atoms with Crippen molar-refractivity contribution in [3.63, 3.8) is 0 Å². The molecule has 2 heteroatoms. The summed E-state index contributed by atoms with van der Waals surface area (Å²) in [7, 11) is 0. The first-order valence-electron chi connectivity index (χ1n) is 5.75. The molecular weight excluding hydrogens is 212 g/mol. The fourth-order valence-corrected chi connectivity index (χ4v) is 1.58. The molecule has 0 heterocycles. The van der Waals surface area contributed by atoms with Crippen LogP contribution in [0.1, 0.15) is 38.3 Å². The molecule has 0 aromatic heterocycles. The highest BCUT2D eigenvalue weighted by atomic mass is 16.3. The van der Waals surface area contributed by atoms with Crippen LogP contribution in [0.2, 0.25) is 0 Å². The minimum Gasteiger partial charge on any atom is -0.508 e. The third kappa shape index (κ3) is 3.66. The fourth-order valence-electron chi connectivity index (χ4n) is 1.58. The lowest BCUT2D eigenvalue weighted by Gasteiger charge is -2.08. The van der Waals surface area contributed by atoms with Gasteiger partial charge in [-0.2, -0.15) is 0 Å². The van der Waals surface area contributed by atoms with Gasteiger partial charge < -0.3 is 10.2 Å². The second-order valence-corrected chi connectivity index (χ2v) is 4.56. The summed E-state index contributed by atoms with van der Waals surface area (Å²) in [5, 5.41) is 19.5. The van der Waals surface area contributed by atoms with Crippen molar-refractivity contribution in [2.75, 3.05) is 0 Å². The van der Waals surface area contributed by atoms with Gasteiger partial charge in [0.25, 0.3) is 0 Å². The fraction of sp³-hybridized carbons (Fsp3) is 0.333. The number of phenolic OH excluding ortho intramolecular Hbond substituents is 2. The molecule has 0 unspecified atom stereocenters. The molecule has 0 radical (unpaired) electrons. The average Bonchev–Trinajstić information content (AvgIpc) is 2.22. The smallest absolute Gasteiger partial charge is 0.123 e. The molecule has 0 aliphatic rings. The topological polar surface area (TPSA) is 40.5 Å². The summed E-state index contributed by atoms with van der Waals surface area (Å²) in [6, 6.07) is 3.20. The Morgan fingerprint density at radius 1 is 1.06 bits per heavy atom. The van der Waals surface area contributed by atoms with Gasteiger partial charge in [-0.1, -0.05) is 17.7 Å². The molecule has 0 aliphatic heterocycles. The molecule has 1 rings (SSSR count). The molecule has 0 saturated heterocycles. The summed E-state index contributed by atoms with van der Waals surface area (Å²) >= 11 is 0. The van der Waals surface area contributed by atoms with Crippen molar-refractivity contribution in [2.45, 2.75) is 34.1 Å². The highest BCUT2D eigenvalue weighted by Gasteiger charge is 2.06. The lowest BCUT2D eigenvalue weighted by Crippen LogP contribution is -1.84. The molecule has 0 atom stereocenters. The second-order valence-electron chi connectivity index (χ2n) is 4.56. The predicted molar refractivity (Wildman–Crippen MR) is 72.2 cm³/mol. The summed E-state index contributed by atoms with van der Waals surface area (Å²) in [5.74, 6) is 0.430. The Bertz CT molecular complexity index is 464. The molecule has 92 valence electrons. The predicted octanol–water partition coefficient (Wildman–Crippen LogP) is 4.17. The zero-order valence-corrected chi connectivity index (χ0v) is 10.9. The molecular formula is C15H20O2. The lowest BCUT2D eigenvalue weighted by molar-refractivity contribution is 0.455. The van der Waals surface area contributed by atoms with E-state index in [0.29, 0.717) is 11.1 Å². The van der Waals surface area contributed by atoms with E-state index in [0.717, 1.165) is 12.0 Å². The van der Waals surface area contributed by atoms with E-state index in [1.165, 1.54) is 5.57 Å². The van der Waals surface area contributed by atoms with E-state index >= 15 is 0 Å². The van der Waals surface area contributed by atoms with Crippen LogP contribution in [0.4, 0.5) is 0 Å². The third-order valence-electron chi connectivity index (χ3n) is 2.69. The van der Waals surface area contributed by atoms with Crippen LogP contribution in [0.3, 0.4) is 0 Å². The van der Waals surface area contributed by atoms with Crippen LogP contribution in [0.5, 0.6) is 11.5 Å². The van der Waals surface area contributed by atoms with E-state index in [1.807, 2.05) is 13.0 Å². The quantitative estimate of drug-likeness (QED) is 0.606. The van der Waals surface area contributed by atoms with Crippen LogP contribution in [-0.2, 0) is 0 Å². The number of allylic oxidation sites excluding steroid dienone is 4. The molecule has 2 N–H and O–H groups in total. The van der Waals surface area contributed by atoms with Gasteiger partial charge in [0.1, 0.15) is 11.5 Å². The highest BCUT2D eigenvalue weighted by molar-refractivity contribution is 5.70. The van der Waals surface area contributed by atoms with Gasteiger partial charge in [0.05, 0.1) is 0 Å². The second kappa shape index (κ2) is 5.58. The Kier molecular flexibility index (Phi) is 4.38. The van der Waals surface area contributed by atoms with Gasteiger partial charge >= 0.3 is 0 Å². The normalized spacial score (nSPS) is 11.4. The maximum absolute atomic E-state index is 9.83. The summed E-state index contributed by atoms with van der Waals surface area (Å²) in [6.07, 6.45) is 4.99. The largest absolute Gasteiger partial charge is 0.508 e. The molecule has 1 aromatic rings. The van der Waals surface area contributed by atoms with E-state index in [1.54, 1.807) is 19.1 Å². The summed E-state index contributed by atoms with van der Waals surface area (Å²) < 4.78 is 0. The first-order valence-corrected chi connectivity index (χ1v) is 5.75. The van der Waals surface area contributed by atoms with Gasteiger partial charge in [0.15, 0.2) is 0 Å². The summed E-state index contributed by atoms with van der Waals surface area (Å²) in [4.78, 5) is 0. The van der Waals surface area contributed by atoms with Crippen molar-refractivity contribution in [3.8, 4) is 11.5 Å². The Morgan fingerprint density at radius 3 is 2.29 bits per heavy atom. The number of hydrogen-bond donors (Lipinski definition) is 2. The van der Waals surface area contributed by atoms with E-state index < -0.39 is 0 Å². The monoisotopic (exact) mass is 232 g/mol. The van der Waals surface area contributed by atoms with Crippen molar-refractivity contribution in [1.29, 1.82) is 0 Å². The van der Waals surface area contributed by atoms with Gasteiger partial charge in [0, 0.05) is 5.56 Å². The van der Waals surface area contributed by atoms with Crippen LogP contribution in [0, 0.1) is 6.92 Å². The first kappa shape index (κ1) is 13.4. The van der Waals surface area contributed by atoms with Crippen LogP contribution < -0.4 is 0 Å². The minimum atomic E-state index is 0.214. The number of aryl methyl sites for hydroxylation is 1. The van der Waals surface area contributed by atoms with Crippen molar-refractivity contribution >= 4 is 5.57 Å². The molecule has 0 aliphatic carbocycles. The average molecular weight is 232 g/mol. The molecule has 1 aromatic carbocycles. The first-order chi connectivity index (χ1) is 7.91. The maximum Gasteiger partial charge on any atom is 0.123 e. The Hall–Kier alpha value is -1.70. The van der Waals surface area contributed by atoms with E-state index in [9.17, 15) is 10.2 Å². The van der Waals surface area contributed by atoms with Gasteiger partial charge in [-0.3, -0.25) is 0 Å². The number of hydrogen-bond acceptors (Lipinski definition) is 2. The molecule has 17 heavy (non-hydrogen) atoms. The molecule has 0 saturated carbocycles. The van der Waals surface area contributed by atoms with E-state index in [-0.39, 0.29) is 11.5 Å². The Labute approximate surface area is 103 Å². The summed E-state index contributed by atoms with van der Waals surface area (Å²) in [5.41, 5.74) is 3.61. The molecule has 0 spiro atoms. The van der Waals surface area contributed by atoms with Gasteiger partial charge in [0.2, 0.25) is 0 Å². The number of phenols is 2. The van der Waals surface area contributed by atoms with Crippen LogP contribution in [0.25, 0.3) is 5.57 Å². The minimum absolute atomic E-state index is 0.214. The molecule has 0 bridgehead atoms. The third-order valence-corrected chi connectivity index (χ3v) is 2.69. The van der Waals surface area contributed by atoms with Crippen LogP contribution in [0.15, 0.2) is 29.9 Å². The van der Waals surface area contributed by atoms with E-state index in [2.05, 4.69) is 19.9 Å². The number of rotatable bonds is 3. The molecule has 0 amide bonds. The van der Waals surface area contributed by atoms with Crippen molar-refractivity contribution in [2.24, 2.45) is 0 Å². The number of aromatic hydroxyl groups is 2. The van der Waals surface area contributed by atoms with Crippen LogP contribution in [-0.4, -0.2) is 10.2 Å². The standard InChI is InChI=1S/C15H20O2/c1-10(2)6-5-7-11(3)13-9-14(16)12(4)8-15(13)17/h6-9,16-17H,5H2,1-4H3/b11-7-. The van der Waals surface area contributed by atoms with Gasteiger partial charge in [-0.05, 0) is 57.4 Å². The lowest BCUT2D eigenvalue weighted by atomic mass is 10.0. The van der Waals surface area contributed by atoms with E-state index in [4.69, 9.17) is 0 Å². The Balaban J connectivity index is 3.00. The van der Waals surface area contributed by atoms with Crippen molar-refractivity contribution < 1.29 is 10.2 Å². The van der Waals surface area contributed by atoms with Crippen molar-refractivity contribution in [1.82, 2.24) is 0 Å². The Morgan fingerprint density at radius 2 is 1.71 bits per heavy atom. The number of benzene rings is 1. The van der Waals surface area contributed by atoms with Gasteiger partial charge in [-0.15, -0.1) is 0 Å². The van der Waals surface area contributed by atoms with Gasteiger partial charge in [-0.25, -0.2) is 0 Å². The molecule has 2 nitrogen and oxygen atoms in total.